The number of hydrogen-bond acceptors (Lipinski definition) is 4. The van der Waals surface area contributed by atoms with Crippen LogP contribution in [0.3, 0.4) is 0 Å². The SMILES string of the molecule is O=C(c1ccc(-c2ncn[nH]2)cc1)N1CCOC(C(F)(F)F)CC1. The van der Waals surface area contributed by atoms with Crippen LogP contribution in [-0.2, 0) is 4.74 Å². The number of alkyl halides is 3. The lowest BCUT2D eigenvalue weighted by atomic mass is 10.1. The van der Waals surface area contributed by atoms with Crippen molar-refractivity contribution in [2.75, 3.05) is 19.7 Å². The summed E-state index contributed by atoms with van der Waals surface area (Å²) in [7, 11) is 0. The van der Waals surface area contributed by atoms with Crippen LogP contribution in [0, 0.1) is 0 Å². The third kappa shape index (κ3) is 3.56. The van der Waals surface area contributed by atoms with Crippen molar-refractivity contribution in [2.45, 2.75) is 18.7 Å². The van der Waals surface area contributed by atoms with Crippen LogP contribution in [0.15, 0.2) is 30.6 Å². The molecule has 3 rings (SSSR count). The predicted octanol–water partition coefficient (Wildman–Crippen LogP) is 2.27. The van der Waals surface area contributed by atoms with E-state index >= 15 is 0 Å². The average Bonchev–Trinajstić information content (AvgIpc) is 2.97. The van der Waals surface area contributed by atoms with Gasteiger partial charge in [-0.25, -0.2) is 4.98 Å². The maximum absolute atomic E-state index is 12.7. The molecule has 1 atom stereocenters. The van der Waals surface area contributed by atoms with Gasteiger partial charge in [-0.1, -0.05) is 12.1 Å². The molecular weight excluding hydrogens is 325 g/mol. The van der Waals surface area contributed by atoms with Gasteiger partial charge >= 0.3 is 6.18 Å². The van der Waals surface area contributed by atoms with Gasteiger partial charge in [0.05, 0.1) is 6.61 Å². The Kier molecular flexibility index (Phi) is 4.52. The molecule has 0 aliphatic carbocycles. The molecule has 1 saturated heterocycles. The van der Waals surface area contributed by atoms with E-state index in [2.05, 4.69) is 15.2 Å². The largest absolute Gasteiger partial charge is 0.414 e. The zero-order chi connectivity index (χ0) is 17.2. The molecule has 0 radical (unpaired) electrons. The molecule has 1 aromatic carbocycles. The monoisotopic (exact) mass is 340 g/mol. The fourth-order valence-electron chi connectivity index (χ4n) is 2.53. The summed E-state index contributed by atoms with van der Waals surface area (Å²) < 4.78 is 42.9. The van der Waals surface area contributed by atoms with Gasteiger partial charge in [-0.05, 0) is 12.1 Å². The predicted molar refractivity (Wildman–Crippen MR) is 78.1 cm³/mol. The summed E-state index contributed by atoms with van der Waals surface area (Å²) in [4.78, 5) is 17.9. The molecule has 1 unspecified atom stereocenters. The van der Waals surface area contributed by atoms with Crippen LogP contribution in [0.4, 0.5) is 13.2 Å². The van der Waals surface area contributed by atoms with Crippen molar-refractivity contribution in [3.63, 3.8) is 0 Å². The first-order valence-corrected chi connectivity index (χ1v) is 7.38. The molecule has 1 aromatic heterocycles. The van der Waals surface area contributed by atoms with Crippen molar-refractivity contribution in [3.8, 4) is 11.4 Å². The van der Waals surface area contributed by atoms with Crippen LogP contribution >= 0.6 is 0 Å². The zero-order valence-corrected chi connectivity index (χ0v) is 12.6. The Morgan fingerprint density at radius 2 is 2.00 bits per heavy atom. The van der Waals surface area contributed by atoms with Gasteiger partial charge in [0.2, 0.25) is 0 Å². The first-order chi connectivity index (χ1) is 11.4. The molecule has 6 nitrogen and oxygen atoms in total. The van der Waals surface area contributed by atoms with E-state index in [1.807, 2.05) is 0 Å². The number of amides is 1. The van der Waals surface area contributed by atoms with Gasteiger partial charge in [-0.3, -0.25) is 9.89 Å². The molecule has 1 aliphatic heterocycles. The number of carbonyl (C=O) groups is 1. The number of aromatic nitrogens is 3. The highest BCUT2D eigenvalue weighted by molar-refractivity contribution is 5.94. The number of H-pyrrole nitrogens is 1. The number of rotatable bonds is 2. The Bertz CT molecular complexity index is 686. The molecule has 9 heteroatoms. The van der Waals surface area contributed by atoms with Crippen LogP contribution in [0.25, 0.3) is 11.4 Å². The molecule has 2 heterocycles. The maximum Gasteiger partial charge on any atom is 0.414 e. The van der Waals surface area contributed by atoms with Gasteiger partial charge in [-0.15, -0.1) is 0 Å². The molecular formula is C15H15F3N4O2. The number of aromatic amines is 1. The molecule has 2 aromatic rings. The van der Waals surface area contributed by atoms with Crippen molar-refractivity contribution >= 4 is 5.91 Å². The Balaban J connectivity index is 1.68. The average molecular weight is 340 g/mol. The van der Waals surface area contributed by atoms with Gasteiger partial charge in [0, 0.05) is 30.6 Å². The zero-order valence-electron chi connectivity index (χ0n) is 12.6. The molecule has 0 saturated carbocycles. The molecule has 1 fully saturated rings. The first-order valence-electron chi connectivity index (χ1n) is 7.38. The Labute approximate surface area is 135 Å². The second-order valence-electron chi connectivity index (χ2n) is 5.39. The first kappa shape index (κ1) is 16.4. The summed E-state index contributed by atoms with van der Waals surface area (Å²) in [5, 5.41) is 6.46. The number of nitrogens with one attached hydrogen (secondary N) is 1. The van der Waals surface area contributed by atoms with Gasteiger partial charge in [0.1, 0.15) is 6.33 Å². The van der Waals surface area contributed by atoms with Crippen molar-refractivity contribution in [3.05, 3.63) is 36.2 Å². The molecule has 0 spiro atoms. The summed E-state index contributed by atoms with van der Waals surface area (Å²) in [6, 6.07) is 6.65. The maximum atomic E-state index is 12.7. The number of hydrogen-bond donors (Lipinski definition) is 1. The van der Waals surface area contributed by atoms with E-state index in [0.717, 1.165) is 5.56 Å². The van der Waals surface area contributed by atoms with Crippen molar-refractivity contribution in [1.29, 1.82) is 0 Å². The Morgan fingerprint density at radius 1 is 1.25 bits per heavy atom. The summed E-state index contributed by atoms with van der Waals surface area (Å²) in [6.07, 6.45) is -5.10. The molecule has 1 aliphatic rings. The van der Waals surface area contributed by atoms with Crippen LogP contribution in [0.2, 0.25) is 0 Å². The molecule has 24 heavy (non-hydrogen) atoms. The minimum absolute atomic E-state index is 0.00681. The van der Waals surface area contributed by atoms with Crippen LogP contribution in [0.5, 0.6) is 0 Å². The van der Waals surface area contributed by atoms with E-state index in [4.69, 9.17) is 4.74 Å². The summed E-state index contributed by atoms with van der Waals surface area (Å²) >= 11 is 0. The van der Waals surface area contributed by atoms with E-state index < -0.39 is 12.3 Å². The molecule has 0 bridgehead atoms. The highest BCUT2D eigenvalue weighted by Gasteiger charge is 2.41. The normalized spacial score (nSPS) is 19.1. The molecule has 128 valence electrons. The van der Waals surface area contributed by atoms with Crippen LogP contribution in [-0.4, -0.2) is 58.0 Å². The van der Waals surface area contributed by atoms with Gasteiger partial charge in [-0.2, -0.15) is 18.3 Å². The van der Waals surface area contributed by atoms with E-state index in [1.165, 1.54) is 11.2 Å². The van der Waals surface area contributed by atoms with Crippen molar-refractivity contribution < 1.29 is 22.7 Å². The fourth-order valence-corrected chi connectivity index (χ4v) is 2.53. The smallest absolute Gasteiger partial charge is 0.367 e. The lowest BCUT2D eigenvalue weighted by Crippen LogP contribution is -2.34. The van der Waals surface area contributed by atoms with Crippen LogP contribution in [0.1, 0.15) is 16.8 Å². The molecule has 1 amide bonds. The number of nitrogens with zero attached hydrogens (tertiary/aromatic N) is 3. The van der Waals surface area contributed by atoms with E-state index in [9.17, 15) is 18.0 Å². The standard InChI is InChI=1S/C15H15F3N4O2/c16-15(17,18)12-5-6-22(7-8-24-12)14(23)11-3-1-10(2-4-11)13-19-9-20-21-13/h1-4,9,12H,5-8H2,(H,19,20,21). The topological polar surface area (TPSA) is 71.1 Å². The Hall–Kier alpha value is -2.42. The minimum Gasteiger partial charge on any atom is -0.367 e. The van der Waals surface area contributed by atoms with E-state index in [-0.39, 0.29) is 32.0 Å². The molecule has 1 N–H and O–H groups in total. The second-order valence-corrected chi connectivity index (χ2v) is 5.39. The number of benzene rings is 1. The highest BCUT2D eigenvalue weighted by Crippen LogP contribution is 2.27. The number of halogens is 3. The third-order valence-electron chi connectivity index (χ3n) is 3.81. The Morgan fingerprint density at radius 3 is 2.62 bits per heavy atom. The van der Waals surface area contributed by atoms with Crippen molar-refractivity contribution in [2.24, 2.45) is 0 Å². The lowest BCUT2D eigenvalue weighted by Gasteiger charge is -2.20. The minimum atomic E-state index is -4.40. The van der Waals surface area contributed by atoms with Gasteiger partial charge < -0.3 is 9.64 Å². The number of ether oxygens (including phenoxy) is 1. The van der Waals surface area contributed by atoms with Crippen molar-refractivity contribution in [1.82, 2.24) is 20.1 Å². The number of carbonyl (C=O) groups excluding carboxylic acids is 1. The van der Waals surface area contributed by atoms with Gasteiger partial charge in [0.15, 0.2) is 11.9 Å². The second kappa shape index (κ2) is 6.60. The van der Waals surface area contributed by atoms with E-state index in [0.29, 0.717) is 11.4 Å². The summed E-state index contributed by atoms with van der Waals surface area (Å²) in [6.45, 7) is 0.00813. The van der Waals surface area contributed by atoms with E-state index in [1.54, 1.807) is 24.3 Å². The quantitative estimate of drug-likeness (QED) is 0.910. The lowest BCUT2D eigenvalue weighted by molar-refractivity contribution is -0.218. The fraction of sp³-hybridized carbons (Fsp3) is 0.400. The van der Waals surface area contributed by atoms with Gasteiger partial charge in [0.25, 0.3) is 5.91 Å². The third-order valence-corrected chi connectivity index (χ3v) is 3.81. The summed E-state index contributed by atoms with van der Waals surface area (Å²) in [5.41, 5.74) is 1.17. The highest BCUT2D eigenvalue weighted by atomic mass is 19.4. The summed E-state index contributed by atoms with van der Waals surface area (Å²) in [5.74, 6) is 0.260. The van der Waals surface area contributed by atoms with Crippen LogP contribution < -0.4 is 0 Å².